The number of anilines is 2. The van der Waals surface area contributed by atoms with Gasteiger partial charge in [-0.25, -0.2) is 14.4 Å². The predicted octanol–water partition coefficient (Wildman–Crippen LogP) is 4.91. The molecule has 7 nitrogen and oxygen atoms in total. The first kappa shape index (κ1) is 21.9. The van der Waals surface area contributed by atoms with Gasteiger partial charge >= 0.3 is 0 Å². The smallest absolute Gasteiger partial charge is 0.296 e. The Bertz CT molecular complexity index is 1440. The van der Waals surface area contributed by atoms with Gasteiger partial charge < -0.3 is 9.80 Å². The van der Waals surface area contributed by atoms with Gasteiger partial charge in [0.15, 0.2) is 0 Å². The maximum Gasteiger partial charge on any atom is 0.296 e. The molecule has 2 aromatic carbocycles. The number of aromatic nitrogens is 3. The number of halogens is 2. The van der Waals surface area contributed by atoms with E-state index in [4.69, 9.17) is 11.6 Å². The lowest BCUT2D eigenvalue weighted by atomic mass is 10.0. The molecule has 0 saturated heterocycles. The van der Waals surface area contributed by atoms with Crippen molar-refractivity contribution >= 4 is 46.3 Å². The van der Waals surface area contributed by atoms with Gasteiger partial charge in [0.25, 0.3) is 5.91 Å². The van der Waals surface area contributed by atoms with Crippen LogP contribution in [0, 0.1) is 5.82 Å². The molecule has 1 amide bonds. The Hall–Kier alpha value is -3.91. The number of fused-ring (bicyclic) bond motifs is 2. The molecule has 0 atom stereocenters. The van der Waals surface area contributed by atoms with Crippen LogP contribution in [0.2, 0.25) is 5.02 Å². The van der Waals surface area contributed by atoms with Gasteiger partial charge in [0.05, 0.1) is 16.9 Å². The largest absolute Gasteiger partial charge is 0.369 e. The summed E-state index contributed by atoms with van der Waals surface area (Å²) in [6.45, 7) is 0.664. The third-order valence-electron chi connectivity index (χ3n) is 5.61. The maximum atomic E-state index is 13.9. The van der Waals surface area contributed by atoms with Gasteiger partial charge in [-0.3, -0.25) is 9.78 Å². The van der Waals surface area contributed by atoms with Crippen LogP contribution in [0.5, 0.6) is 0 Å². The fraction of sp³-hybridized carbons (Fsp3) is 0.160. The van der Waals surface area contributed by atoms with E-state index < -0.39 is 11.7 Å². The van der Waals surface area contributed by atoms with Crippen molar-refractivity contribution < 1.29 is 9.18 Å². The molecule has 1 aliphatic rings. The van der Waals surface area contributed by atoms with Gasteiger partial charge in [-0.1, -0.05) is 23.7 Å². The molecule has 9 heteroatoms. The van der Waals surface area contributed by atoms with Crippen LogP contribution in [0.4, 0.5) is 15.9 Å². The molecule has 0 bridgehead atoms. The van der Waals surface area contributed by atoms with Crippen LogP contribution in [0.25, 0.3) is 22.0 Å². The average molecular weight is 475 g/mol. The molecule has 2 aromatic heterocycles. The van der Waals surface area contributed by atoms with Crippen LogP contribution < -0.4 is 4.90 Å². The van der Waals surface area contributed by atoms with Crippen molar-refractivity contribution in [3.63, 3.8) is 0 Å². The summed E-state index contributed by atoms with van der Waals surface area (Å²) >= 11 is 6.06. The molecule has 4 aromatic rings. The van der Waals surface area contributed by atoms with E-state index in [0.717, 1.165) is 39.1 Å². The standard InChI is InChI=1S/C25H20ClFN6O/c1-32(2)14-31-25(34)22-6-4-17(12-28-22)15-3-5-21-18(9-15)24(30-13-29-21)33-8-7-16-10-20(27)19(26)11-23(16)33/h3-6,9-14H,7-8H2,1-2H3/b31-14+. The predicted molar refractivity (Wildman–Crippen MR) is 131 cm³/mol. The summed E-state index contributed by atoms with van der Waals surface area (Å²) in [5.74, 6) is -0.0952. The molecular weight excluding hydrogens is 455 g/mol. The van der Waals surface area contributed by atoms with Crippen LogP contribution in [0.1, 0.15) is 16.1 Å². The third-order valence-corrected chi connectivity index (χ3v) is 5.90. The summed E-state index contributed by atoms with van der Waals surface area (Å²) in [4.78, 5) is 33.0. The van der Waals surface area contributed by atoms with Gasteiger partial charge in [0.1, 0.15) is 23.7 Å². The van der Waals surface area contributed by atoms with Crippen molar-refractivity contribution in [2.75, 3.05) is 25.5 Å². The van der Waals surface area contributed by atoms with Crippen LogP contribution in [-0.4, -0.2) is 52.7 Å². The lowest BCUT2D eigenvalue weighted by Crippen LogP contribution is -2.15. The molecule has 0 N–H and O–H groups in total. The number of aliphatic imine (C=N–C) groups is 1. The second kappa shape index (κ2) is 8.79. The highest BCUT2D eigenvalue weighted by atomic mass is 35.5. The zero-order valence-electron chi connectivity index (χ0n) is 18.5. The van der Waals surface area contributed by atoms with Crippen LogP contribution in [0.15, 0.2) is 60.0 Å². The number of nitrogens with zero attached hydrogens (tertiary/aromatic N) is 6. The molecule has 5 rings (SSSR count). The summed E-state index contributed by atoms with van der Waals surface area (Å²) in [6.07, 6.45) is 5.32. The summed E-state index contributed by atoms with van der Waals surface area (Å²) in [6, 6.07) is 12.5. The minimum Gasteiger partial charge on any atom is -0.369 e. The third kappa shape index (κ3) is 4.08. The van der Waals surface area contributed by atoms with Crippen molar-refractivity contribution in [2.45, 2.75) is 6.42 Å². The Balaban J connectivity index is 1.51. The number of hydrogen-bond donors (Lipinski definition) is 0. The SMILES string of the molecule is CN(C)/C=N/C(=O)c1ccc(-c2ccc3ncnc(N4CCc5cc(F)c(Cl)cc54)c3c2)cn1. The topological polar surface area (TPSA) is 74.6 Å². The fourth-order valence-electron chi connectivity index (χ4n) is 3.96. The van der Waals surface area contributed by atoms with Gasteiger partial charge in [0, 0.05) is 43.5 Å². The lowest BCUT2D eigenvalue weighted by Gasteiger charge is -2.20. The molecule has 0 unspecified atom stereocenters. The molecule has 0 saturated carbocycles. The van der Waals surface area contributed by atoms with E-state index in [2.05, 4.69) is 19.9 Å². The van der Waals surface area contributed by atoms with Crippen molar-refractivity contribution in [2.24, 2.45) is 4.99 Å². The summed E-state index contributed by atoms with van der Waals surface area (Å²) in [7, 11) is 3.58. The summed E-state index contributed by atoms with van der Waals surface area (Å²) in [5, 5.41) is 0.935. The number of carbonyl (C=O) groups is 1. The van der Waals surface area contributed by atoms with Crippen molar-refractivity contribution in [1.29, 1.82) is 0 Å². The number of benzene rings is 2. The van der Waals surface area contributed by atoms with E-state index in [1.807, 2.05) is 29.2 Å². The van der Waals surface area contributed by atoms with E-state index in [-0.39, 0.29) is 10.7 Å². The number of rotatable bonds is 4. The molecule has 170 valence electrons. The molecule has 0 fully saturated rings. The normalized spacial score (nSPS) is 13.0. The Morgan fingerprint density at radius 1 is 1.12 bits per heavy atom. The first-order valence-corrected chi connectivity index (χ1v) is 11.0. The zero-order chi connectivity index (χ0) is 23.8. The highest BCUT2D eigenvalue weighted by Crippen LogP contribution is 2.39. The number of hydrogen-bond acceptors (Lipinski definition) is 5. The van der Waals surface area contributed by atoms with E-state index >= 15 is 0 Å². The van der Waals surface area contributed by atoms with E-state index in [9.17, 15) is 9.18 Å². The van der Waals surface area contributed by atoms with E-state index in [1.165, 1.54) is 18.7 Å². The lowest BCUT2D eigenvalue weighted by molar-refractivity contribution is 0.0997. The zero-order valence-corrected chi connectivity index (χ0v) is 19.3. The van der Waals surface area contributed by atoms with Crippen molar-refractivity contribution in [3.8, 4) is 11.1 Å². The summed E-state index contributed by atoms with van der Waals surface area (Å²) < 4.78 is 13.9. The van der Waals surface area contributed by atoms with Crippen LogP contribution in [0.3, 0.4) is 0 Å². The van der Waals surface area contributed by atoms with Crippen molar-refractivity contribution in [3.05, 3.63) is 77.1 Å². The molecule has 1 aliphatic heterocycles. The van der Waals surface area contributed by atoms with Gasteiger partial charge in [-0.15, -0.1) is 0 Å². The Labute approximate surface area is 200 Å². The number of carbonyl (C=O) groups excluding carboxylic acids is 1. The van der Waals surface area contributed by atoms with Gasteiger partial charge in [-0.2, -0.15) is 4.99 Å². The van der Waals surface area contributed by atoms with Gasteiger partial charge in [-0.05, 0) is 47.9 Å². The van der Waals surface area contributed by atoms with E-state index in [0.29, 0.717) is 13.0 Å². The Kier molecular flexibility index (Phi) is 5.67. The molecule has 34 heavy (non-hydrogen) atoms. The Morgan fingerprint density at radius 2 is 1.94 bits per heavy atom. The average Bonchev–Trinajstić information content (AvgIpc) is 3.24. The molecular formula is C25H20ClFN6O. The second-order valence-corrected chi connectivity index (χ2v) is 8.58. The molecule has 0 aliphatic carbocycles. The van der Waals surface area contributed by atoms with Gasteiger partial charge in [0.2, 0.25) is 0 Å². The highest BCUT2D eigenvalue weighted by Gasteiger charge is 2.25. The quantitative estimate of drug-likeness (QED) is 0.309. The Morgan fingerprint density at radius 3 is 2.71 bits per heavy atom. The highest BCUT2D eigenvalue weighted by molar-refractivity contribution is 6.31. The second-order valence-electron chi connectivity index (χ2n) is 8.17. The maximum absolute atomic E-state index is 13.9. The minimum absolute atomic E-state index is 0.0836. The fourth-order valence-corrected chi connectivity index (χ4v) is 4.12. The first-order valence-electron chi connectivity index (χ1n) is 10.6. The van der Waals surface area contributed by atoms with Crippen LogP contribution >= 0.6 is 11.6 Å². The molecule has 3 heterocycles. The van der Waals surface area contributed by atoms with E-state index in [1.54, 1.807) is 37.3 Å². The monoisotopic (exact) mass is 474 g/mol. The van der Waals surface area contributed by atoms with Crippen molar-refractivity contribution in [1.82, 2.24) is 19.9 Å². The van der Waals surface area contributed by atoms with Crippen LogP contribution in [-0.2, 0) is 6.42 Å². The number of amides is 1. The molecule has 0 spiro atoms. The summed E-state index contributed by atoms with van der Waals surface area (Å²) in [5.41, 5.74) is 4.55. The minimum atomic E-state index is -0.418. The first-order chi connectivity index (χ1) is 16.4. The molecule has 0 radical (unpaired) electrons. The number of pyridine rings is 1.